The molecule has 2 aromatic carbocycles. The number of fused-ring (bicyclic) bond motifs is 2. The fourth-order valence-electron chi connectivity index (χ4n) is 6.53. The van der Waals surface area contributed by atoms with Crippen molar-refractivity contribution in [2.75, 3.05) is 6.61 Å². The number of unbranched alkanes of at least 4 members (excludes halogenated alkanes) is 4. The molecule has 4 rings (SSSR count). The molecule has 3 heteroatoms. The van der Waals surface area contributed by atoms with Crippen molar-refractivity contribution in [3.05, 3.63) is 53.6 Å². The Balaban J connectivity index is 1.38. The van der Waals surface area contributed by atoms with E-state index in [1.165, 1.54) is 76.3 Å². The maximum Gasteiger partial charge on any atom is 0.134 e. The molecule has 2 aliphatic rings. The van der Waals surface area contributed by atoms with Gasteiger partial charge < -0.3 is 4.74 Å². The van der Waals surface area contributed by atoms with Crippen molar-refractivity contribution >= 4 is 10.8 Å². The lowest BCUT2D eigenvalue weighted by molar-refractivity contribution is 0.112. The fraction of sp³-hybridized carbons (Fsp3) is 0.613. The summed E-state index contributed by atoms with van der Waals surface area (Å²) in [5.41, 5.74) is 0.713. The predicted molar refractivity (Wildman–Crippen MR) is 138 cm³/mol. The van der Waals surface area contributed by atoms with Gasteiger partial charge in [0.15, 0.2) is 0 Å². The minimum absolute atomic E-state index is 0.193. The fourth-order valence-corrected chi connectivity index (χ4v) is 6.53. The number of rotatable bonds is 10. The molecule has 0 bridgehead atoms. The Morgan fingerprint density at radius 3 is 2.50 bits per heavy atom. The van der Waals surface area contributed by atoms with Gasteiger partial charge in [0, 0.05) is 11.5 Å². The van der Waals surface area contributed by atoms with Gasteiger partial charge in [0.25, 0.3) is 0 Å². The third-order valence-corrected chi connectivity index (χ3v) is 8.45. The Hall–Kier alpha value is -1.90. The van der Waals surface area contributed by atoms with Gasteiger partial charge in [-0.15, -0.1) is 0 Å². The highest BCUT2D eigenvalue weighted by Gasteiger charge is 2.36. The van der Waals surface area contributed by atoms with Crippen LogP contribution >= 0.6 is 0 Å². The summed E-state index contributed by atoms with van der Waals surface area (Å²) in [5, 5.41) is 1.08. The molecule has 0 aliphatic heterocycles. The van der Waals surface area contributed by atoms with Crippen LogP contribution in [-0.4, -0.2) is 6.61 Å². The number of ether oxygens (including phenoxy) is 1. The molecular formula is C31H42F2O. The first-order chi connectivity index (χ1) is 16.6. The van der Waals surface area contributed by atoms with Crippen LogP contribution in [0.2, 0.25) is 0 Å². The summed E-state index contributed by atoms with van der Waals surface area (Å²) in [6, 6.07) is 6.46. The standard InChI is InChI=1S/C31H42F2O/c1-3-5-7-8-9-10-22-11-12-24-17-25(14-13-23(24)16-22)28-21-29-26(19-30(28)32)18-27(20-31(29)33)34-15-6-4-2/h4,6,18-25H,3,5,7-17H2,1-2H3/b6-4+/t22?,23-,24?,25-/m1/s1. The van der Waals surface area contributed by atoms with Crippen LogP contribution in [0.4, 0.5) is 8.78 Å². The van der Waals surface area contributed by atoms with Crippen LogP contribution < -0.4 is 4.74 Å². The van der Waals surface area contributed by atoms with E-state index in [1.54, 1.807) is 12.1 Å². The molecule has 0 saturated heterocycles. The zero-order chi connectivity index (χ0) is 23.9. The number of halogens is 2. The van der Waals surface area contributed by atoms with Crippen molar-refractivity contribution < 1.29 is 13.5 Å². The average Bonchev–Trinajstić information content (AvgIpc) is 2.83. The van der Waals surface area contributed by atoms with Gasteiger partial charge in [0.1, 0.15) is 24.0 Å². The summed E-state index contributed by atoms with van der Waals surface area (Å²) < 4.78 is 35.7. The predicted octanol–water partition coefficient (Wildman–Crippen LogP) is 9.73. The van der Waals surface area contributed by atoms with Crippen LogP contribution in [0.1, 0.15) is 102 Å². The first kappa shape index (κ1) is 25.2. The third kappa shape index (κ3) is 6.20. The van der Waals surface area contributed by atoms with Gasteiger partial charge in [0.2, 0.25) is 0 Å². The van der Waals surface area contributed by atoms with Crippen molar-refractivity contribution in [1.29, 1.82) is 0 Å². The zero-order valence-electron chi connectivity index (χ0n) is 21.1. The smallest absolute Gasteiger partial charge is 0.134 e. The van der Waals surface area contributed by atoms with Crippen molar-refractivity contribution in [2.24, 2.45) is 17.8 Å². The monoisotopic (exact) mass is 468 g/mol. The molecule has 2 saturated carbocycles. The Morgan fingerprint density at radius 2 is 1.68 bits per heavy atom. The lowest BCUT2D eigenvalue weighted by Gasteiger charge is -2.42. The lowest BCUT2D eigenvalue weighted by atomic mass is 9.63. The molecule has 2 fully saturated rings. The molecule has 2 aromatic rings. The highest BCUT2D eigenvalue weighted by molar-refractivity contribution is 5.85. The first-order valence-corrected chi connectivity index (χ1v) is 13.8. The van der Waals surface area contributed by atoms with E-state index in [2.05, 4.69) is 6.92 Å². The van der Waals surface area contributed by atoms with E-state index >= 15 is 4.39 Å². The minimum atomic E-state index is -0.331. The Morgan fingerprint density at radius 1 is 0.882 bits per heavy atom. The summed E-state index contributed by atoms with van der Waals surface area (Å²) in [6.45, 7) is 4.57. The van der Waals surface area contributed by atoms with Gasteiger partial charge in [-0.3, -0.25) is 0 Å². The molecule has 2 unspecified atom stereocenters. The van der Waals surface area contributed by atoms with Gasteiger partial charge in [-0.05, 0) is 91.8 Å². The van der Waals surface area contributed by atoms with E-state index < -0.39 is 0 Å². The van der Waals surface area contributed by atoms with Gasteiger partial charge in [-0.25, -0.2) is 8.78 Å². The summed E-state index contributed by atoms with van der Waals surface area (Å²) in [6.07, 6.45) is 19.3. The van der Waals surface area contributed by atoms with E-state index in [-0.39, 0.29) is 17.6 Å². The molecule has 0 N–H and O–H groups in total. The lowest BCUT2D eigenvalue weighted by Crippen LogP contribution is -2.30. The topological polar surface area (TPSA) is 9.23 Å². The first-order valence-electron chi connectivity index (χ1n) is 13.8. The third-order valence-electron chi connectivity index (χ3n) is 8.45. The second-order valence-electron chi connectivity index (χ2n) is 10.8. The van der Waals surface area contributed by atoms with Crippen molar-refractivity contribution in [3.8, 4) is 5.75 Å². The molecule has 0 aromatic heterocycles. The van der Waals surface area contributed by atoms with Gasteiger partial charge in [-0.2, -0.15) is 0 Å². The summed E-state index contributed by atoms with van der Waals surface area (Å²) >= 11 is 0. The minimum Gasteiger partial charge on any atom is -0.489 e. The molecular weight excluding hydrogens is 426 g/mol. The Kier molecular flexibility index (Phi) is 9.03. The number of hydrogen-bond donors (Lipinski definition) is 0. The molecule has 4 atom stereocenters. The van der Waals surface area contributed by atoms with Crippen LogP contribution in [0, 0.1) is 29.4 Å². The van der Waals surface area contributed by atoms with Gasteiger partial charge in [-0.1, -0.05) is 64.0 Å². The van der Waals surface area contributed by atoms with Crippen molar-refractivity contribution in [1.82, 2.24) is 0 Å². The summed E-state index contributed by atoms with van der Waals surface area (Å²) in [4.78, 5) is 0. The summed E-state index contributed by atoms with van der Waals surface area (Å²) in [5.74, 6) is 2.54. The molecule has 0 heterocycles. The van der Waals surface area contributed by atoms with E-state index in [0.29, 0.717) is 34.6 Å². The molecule has 0 spiro atoms. The maximum absolute atomic E-state index is 15.2. The zero-order valence-corrected chi connectivity index (χ0v) is 21.1. The summed E-state index contributed by atoms with van der Waals surface area (Å²) in [7, 11) is 0. The van der Waals surface area contributed by atoms with E-state index in [9.17, 15) is 4.39 Å². The second kappa shape index (κ2) is 12.2. The van der Waals surface area contributed by atoms with E-state index in [0.717, 1.165) is 24.7 Å². The Bertz CT molecular complexity index is 966. The van der Waals surface area contributed by atoms with Crippen LogP contribution in [-0.2, 0) is 0 Å². The van der Waals surface area contributed by atoms with Crippen LogP contribution in [0.3, 0.4) is 0 Å². The van der Waals surface area contributed by atoms with Crippen LogP contribution in [0.15, 0.2) is 36.4 Å². The van der Waals surface area contributed by atoms with Crippen LogP contribution in [0.5, 0.6) is 5.75 Å². The highest BCUT2D eigenvalue weighted by Crippen LogP contribution is 2.49. The van der Waals surface area contributed by atoms with Crippen molar-refractivity contribution in [2.45, 2.75) is 96.8 Å². The SMILES string of the molecule is C/C=C/COc1cc(F)c2cc([C@@H]3CC[C@@H]4CC(CCCCCCC)CCC4C3)c(F)cc2c1. The Labute approximate surface area is 205 Å². The normalized spacial score (nSPS) is 25.1. The molecule has 0 amide bonds. The van der Waals surface area contributed by atoms with Gasteiger partial charge >= 0.3 is 0 Å². The van der Waals surface area contributed by atoms with E-state index in [1.807, 2.05) is 19.1 Å². The second-order valence-corrected chi connectivity index (χ2v) is 10.8. The van der Waals surface area contributed by atoms with E-state index in [4.69, 9.17) is 4.74 Å². The van der Waals surface area contributed by atoms with Gasteiger partial charge in [0.05, 0.1) is 0 Å². The number of benzene rings is 2. The van der Waals surface area contributed by atoms with Crippen LogP contribution in [0.25, 0.3) is 10.8 Å². The number of hydrogen-bond acceptors (Lipinski definition) is 1. The quantitative estimate of drug-likeness (QED) is 0.249. The molecule has 0 radical (unpaired) electrons. The average molecular weight is 469 g/mol. The highest BCUT2D eigenvalue weighted by atomic mass is 19.1. The molecule has 34 heavy (non-hydrogen) atoms. The number of allylic oxidation sites excluding steroid dienone is 1. The largest absolute Gasteiger partial charge is 0.489 e. The molecule has 2 aliphatic carbocycles. The maximum atomic E-state index is 15.2. The molecule has 1 nitrogen and oxygen atoms in total. The molecule has 186 valence electrons. The van der Waals surface area contributed by atoms with Crippen molar-refractivity contribution in [3.63, 3.8) is 0 Å².